The lowest BCUT2D eigenvalue weighted by Gasteiger charge is -2.14. The molecule has 2 N–H and O–H groups in total. The number of aromatic nitrogens is 2. The standard InChI is InChI=1S/C13H7BrF3NO4.C13H7ClF3NO4/c2*14-9-10(17)6(16)1-4-11(9)18(7-2-5(7)15)3-8(12(4)19)22-13(20)21/h2*1,3,5,7H,2H2,(H,20,21)/t2*5-,7+/m00/s1. The van der Waals surface area contributed by atoms with Crippen molar-refractivity contribution < 1.29 is 55.6 Å². The Balaban J connectivity index is 0.000000175. The summed E-state index contributed by atoms with van der Waals surface area (Å²) in [5.74, 6) is -6.49. The molecule has 2 heterocycles. The van der Waals surface area contributed by atoms with Crippen LogP contribution in [0.4, 0.5) is 35.9 Å². The lowest BCUT2D eigenvalue weighted by molar-refractivity contribution is 0.142. The van der Waals surface area contributed by atoms with Crippen molar-refractivity contribution in [2.75, 3.05) is 0 Å². The summed E-state index contributed by atoms with van der Waals surface area (Å²) >= 11 is 8.59. The topological polar surface area (TPSA) is 137 Å². The van der Waals surface area contributed by atoms with Crippen molar-refractivity contribution in [1.29, 1.82) is 0 Å². The number of hydrogen-bond acceptors (Lipinski definition) is 6. The predicted molar refractivity (Wildman–Crippen MR) is 143 cm³/mol. The molecule has 44 heavy (non-hydrogen) atoms. The summed E-state index contributed by atoms with van der Waals surface area (Å²) in [7, 11) is 0. The maximum atomic E-state index is 13.7. The Kier molecular flexibility index (Phi) is 8.04. The molecule has 0 radical (unpaired) electrons. The van der Waals surface area contributed by atoms with E-state index >= 15 is 0 Å². The van der Waals surface area contributed by atoms with E-state index in [4.69, 9.17) is 21.8 Å². The highest BCUT2D eigenvalue weighted by atomic mass is 79.9. The van der Waals surface area contributed by atoms with Crippen LogP contribution in [0.15, 0.2) is 38.6 Å². The molecule has 2 aliphatic rings. The number of pyridine rings is 2. The molecule has 2 aromatic carbocycles. The smallest absolute Gasteiger partial charge is 0.449 e. The second kappa shape index (κ2) is 11.4. The average Bonchev–Trinajstić information content (AvgIpc) is 3.86. The highest BCUT2D eigenvalue weighted by Crippen LogP contribution is 2.44. The Morgan fingerprint density at radius 2 is 1.18 bits per heavy atom. The summed E-state index contributed by atoms with van der Waals surface area (Å²) in [5.41, 5.74) is -2.16. The SMILES string of the molecule is O=C(O)Oc1cn([C@@H]2C[C@@H]2F)c2c(Br)c(F)c(F)cc2c1=O.O=C(O)Oc1cn([C@@H]2C[C@@H]2F)c2c(Cl)c(F)c(F)cc2c1=O. The largest absolute Gasteiger partial charge is 0.511 e. The molecule has 0 aliphatic heterocycles. The number of benzene rings is 2. The first-order chi connectivity index (χ1) is 20.6. The molecule has 0 saturated heterocycles. The molecule has 2 aliphatic carbocycles. The van der Waals surface area contributed by atoms with Gasteiger partial charge in [0.25, 0.3) is 0 Å². The van der Waals surface area contributed by atoms with Gasteiger partial charge in [-0.1, -0.05) is 11.6 Å². The minimum Gasteiger partial charge on any atom is -0.449 e. The molecule has 4 atom stereocenters. The molecule has 232 valence electrons. The Bertz CT molecular complexity index is 1880. The monoisotopic (exact) mass is 710 g/mol. The van der Waals surface area contributed by atoms with Gasteiger partial charge in [0.05, 0.1) is 50.8 Å². The van der Waals surface area contributed by atoms with Gasteiger partial charge in [0.15, 0.2) is 34.8 Å². The third-order valence-electron chi connectivity index (χ3n) is 6.71. The fourth-order valence-electron chi connectivity index (χ4n) is 4.52. The van der Waals surface area contributed by atoms with Crippen LogP contribution in [0.5, 0.6) is 11.5 Å². The number of rotatable bonds is 4. The molecule has 10 nitrogen and oxygen atoms in total. The van der Waals surface area contributed by atoms with Crippen molar-refractivity contribution in [2.24, 2.45) is 0 Å². The second-order valence-electron chi connectivity index (χ2n) is 9.60. The average molecular weight is 712 g/mol. The Morgan fingerprint density at radius 1 is 0.795 bits per heavy atom. The van der Waals surface area contributed by atoms with Gasteiger partial charge in [0.2, 0.25) is 10.9 Å². The first-order valence-corrected chi connectivity index (χ1v) is 13.3. The molecule has 2 saturated carbocycles. The Hall–Kier alpha value is -4.25. The van der Waals surface area contributed by atoms with Crippen LogP contribution in [0.1, 0.15) is 24.9 Å². The van der Waals surface area contributed by atoms with Gasteiger partial charge in [-0.05, 0) is 28.1 Å². The van der Waals surface area contributed by atoms with E-state index in [0.717, 1.165) is 17.0 Å². The number of carboxylic acid groups (broad SMARTS) is 2. The first-order valence-electron chi connectivity index (χ1n) is 12.2. The van der Waals surface area contributed by atoms with Gasteiger partial charge in [-0.2, -0.15) is 0 Å². The van der Waals surface area contributed by atoms with Crippen molar-refractivity contribution in [2.45, 2.75) is 37.3 Å². The predicted octanol–water partition coefficient (Wildman–Crippen LogP) is 6.65. The van der Waals surface area contributed by atoms with Crippen molar-refractivity contribution in [3.8, 4) is 11.5 Å². The van der Waals surface area contributed by atoms with E-state index in [0.29, 0.717) is 12.1 Å². The zero-order chi connectivity index (χ0) is 32.4. The molecule has 2 aromatic heterocycles. The quantitative estimate of drug-likeness (QED) is 0.136. The second-order valence-corrected chi connectivity index (χ2v) is 10.8. The van der Waals surface area contributed by atoms with Crippen molar-refractivity contribution >= 4 is 61.6 Å². The maximum absolute atomic E-state index is 13.7. The van der Waals surface area contributed by atoms with E-state index < -0.39 is 87.4 Å². The molecular weight excluding hydrogens is 698 g/mol. The molecule has 0 unspecified atom stereocenters. The summed E-state index contributed by atoms with van der Waals surface area (Å²) in [6, 6.07) is -0.222. The van der Waals surface area contributed by atoms with E-state index in [1.54, 1.807) is 0 Å². The van der Waals surface area contributed by atoms with Crippen molar-refractivity contribution in [3.05, 3.63) is 77.7 Å². The molecule has 0 amide bonds. The number of carbonyl (C=O) groups is 2. The Labute approximate surface area is 252 Å². The minimum absolute atomic E-state index is 0.0493. The van der Waals surface area contributed by atoms with E-state index in [2.05, 4.69) is 25.4 Å². The van der Waals surface area contributed by atoms with Gasteiger partial charge in [-0.3, -0.25) is 9.59 Å². The minimum atomic E-state index is -1.76. The van der Waals surface area contributed by atoms with Gasteiger partial charge in [-0.15, -0.1) is 0 Å². The van der Waals surface area contributed by atoms with Crippen LogP contribution < -0.4 is 20.3 Å². The number of halogens is 8. The van der Waals surface area contributed by atoms with Crippen molar-refractivity contribution in [1.82, 2.24) is 9.13 Å². The molecule has 18 heteroatoms. The van der Waals surface area contributed by atoms with Crippen LogP contribution in [0.3, 0.4) is 0 Å². The zero-order valence-electron chi connectivity index (χ0n) is 21.3. The van der Waals surface area contributed by atoms with Gasteiger partial charge in [0, 0.05) is 12.8 Å². The Morgan fingerprint density at radius 3 is 1.59 bits per heavy atom. The normalized spacial score (nSPS) is 20.2. The number of nitrogens with zero attached hydrogens (tertiary/aromatic N) is 2. The zero-order valence-corrected chi connectivity index (χ0v) is 23.6. The van der Waals surface area contributed by atoms with Crippen LogP contribution in [-0.2, 0) is 0 Å². The van der Waals surface area contributed by atoms with Gasteiger partial charge >= 0.3 is 12.3 Å². The van der Waals surface area contributed by atoms with Gasteiger partial charge < -0.3 is 28.8 Å². The van der Waals surface area contributed by atoms with Crippen molar-refractivity contribution in [3.63, 3.8) is 0 Å². The van der Waals surface area contributed by atoms with E-state index in [-0.39, 0.29) is 39.1 Å². The third kappa shape index (κ3) is 5.56. The number of ether oxygens (including phenoxy) is 2. The van der Waals surface area contributed by atoms with Crippen LogP contribution >= 0.6 is 27.5 Å². The lowest BCUT2D eigenvalue weighted by Crippen LogP contribution is -2.17. The summed E-state index contributed by atoms with van der Waals surface area (Å²) in [4.78, 5) is 45.5. The maximum Gasteiger partial charge on any atom is 0.511 e. The van der Waals surface area contributed by atoms with Crippen LogP contribution in [0.25, 0.3) is 21.8 Å². The van der Waals surface area contributed by atoms with Gasteiger partial charge in [0.1, 0.15) is 17.4 Å². The van der Waals surface area contributed by atoms with Gasteiger partial charge in [-0.25, -0.2) is 35.9 Å². The molecular formula is C26H14BrClF6N2O8. The van der Waals surface area contributed by atoms with E-state index in [1.165, 1.54) is 4.57 Å². The molecule has 0 spiro atoms. The molecule has 6 rings (SSSR count). The van der Waals surface area contributed by atoms with Crippen LogP contribution in [0, 0.1) is 23.3 Å². The number of hydrogen-bond donors (Lipinski definition) is 2. The fraction of sp³-hybridized carbons (Fsp3) is 0.231. The summed E-state index contributed by atoms with van der Waals surface area (Å²) in [6.45, 7) is 0. The van der Waals surface area contributed by atoms with E-state index in [9.17, 15) is 45.5 Å². The first kappa shape index (κ1) is 31.2. The van der Waals surface area contributed by atoms with Crippen LogP contribution in [-0.4, -0.2) is 44.0 Å². The number of fused-ring (bicyclic) bond motifs is 2. The lowest BCUT2D eigenvalue weighted by atomic mass is 10.1. The molecule has 0 bridgehead atoms. The number of alkyl halides is 2. The summed E-state index contributed by atoms with van der Waals surface area (Å²) in [5, 5.41) is 15.9. The summed E-state index contributed by atoms with van der Waals surface area (Å²) < 4.78 is 91.6. The van der Waals surface area contributed by atoms with Crippen LogP contribution in [0.2, 0.25) is 5.02 Å². The highest BCUT2D eigenvalue weighted by molar-refractivity contribution is 9.10. The molecule has 4 aromatic rings. The summed E-state index contributed by atoms with van der Waals surface area (Å²) in [6.07, 6.45) is -3.84. The third-order valence-corrected chi connectivity index (χ3v) is 7.78. The highest BCUT2D eigenvalue weighted by Gasteiger charge is 2.41. The fourth-order valence-corrected chi connectivity index (χ4v) is 5.42. The molecule has 2 fully saturated rings. The van der Waals surface area contributed by atoms with E-state index in [1.807, 2.05) is 0 Å².